The largest absolute Gasteiger partial charge is 0.481 e. The molecule has 108 valence electrons. The Labute approximate surface area is 111 Å². The Hall–Kier alpha value is -1.34. The van der Waals surface area contributed by atoms with Crippen LogP contribution in [0, 0.1) is 0 Å². The van der Waals surface area contributed by atoms with Gasteiger partial charge in [0.2, 0.25) is 0 Å². The van der Waals surface area contributed by atoms with E-state index in [1.807, 2.05) is 0 Å². The second-order valence-electron chi connectivity index (χ2n) is 5.03. The summed E-state index contributed by atoms with van der Waals surface area (Å²) in [5.74, 6) is -0.949. The average Bonchev–Trinajstić information content (AvgIpc) is 2.96. The van der Waals surface area contributed by atoms with Gasteiger partial charge in [0.25, 0.3) is 0 Å². The van der Waals surface area contributed by atoms with E-state index in [9.17, 15) is 9.59 Å². The Morgan fingerprint density at radius 1 is 1.47 bits per heavy atom. The molecule has 19 heavy (non-hydrogen) atoms. The number of amides is 2. The van der Waals surface area contributed by atoms with Gasteiger partial charge in [0.1, 0.15) is 0 Å². The number of fused-ring (bicyclic) bond motifs is 2. The number of nitrogens with one attached hydrogen (secondary N) is 2. The number of methoxy groups -OCH3 is 1. The third-order valence-corrected chi connectivity index (χ3v) is 3.65. The first-order chi connectivity index (χ1) is 9.08. The summed E-state index contributed by atoms with van der Waals surface area (Å²) in [5, 5.41) is 14.2. The average molecular weight is 272 g/mol. The number of hydrogen-bond acceptors (Lipinski definition) is 4. The molecule has 3 N–H and O–H groups in total. The molecule has 0 aliphatic carbocycles. The summed E-state index contributed by atoms with van der Waals surface area (Å²) in [6, 6.07) is -0.229. The molecule has 0 spiro atoms. The van der Waals surface area contributed by atoms with Crippen LogP contribution < -0.4 is 10.6 Å². The van der Waals surface area contributed by atoms with Crippen molar-refractivity contribution in [3.8, 4) is 0 Å². The highest BCUT2D eigenvalue weighted by Gasteiger charge is 2.41. The maximum absolute atomic E-state index is 11.7. The zero-order valence-corrected chi connectivity index (χ0v) is 10.9. The van der Waals surface area contributed by atoms with E-state index in [2.05, 4.69) is 10.6 Å². The van der Waals surface area contributed by atoms with Crippen molar-refractivity contribution in [2.24, 2.45) is 0 Å². The highest BCUT2D eigenvalue weighted by molar-refractivity contribution is 5.74. The number of carboxylic acids is 1. The minimum Gasteiger partial charge on any atom is -0.481 e. The number of carbonyl (C=O) groups excluding carboxylic acids is 1. The molecule has 0 aromatic rings. The first-order valence-corrected chi connectivity index (χ1v) is 6.53. The number of carboxylic acid groups (broad SMARTS) is 1. The van der Waals surface area contributed by atoms with Crippen LogP contribution >= 0.6 is 0 Å². The van der Waals surface area contributed by atoms with Crippen LogP contribution in [-0.4, -0.2) is 55.1 Å². The number of hydrogen-bond donors (Lipinski definition) is 3. The molecule has 2 fully saturated rings. The Balaban J connectivity index is 1.68. The summed E-state index contributed by atoms with van der Waals surface area (Å²) >= 11 is 0. The first-order valence-electron chi connectivity index (χ1n) is 6.53. The van der Waals surface area contributed by atoms with Gasteiger partial charge in [-0.1, -0.05) is 0 Å². The van der Waals surface area contributed by atoms with Crippen molar-refractivity contribution < 1.29 is 24.2 Å². The number of aliphatic carboxylic acids is 1. The molecule has 2 saturated heterocycles. The number of urea groups is 1. The van der Waals surface area contributed by atoms with Gasteiger partial charge in [0, 0.05) is 13.7 Å². The molecule has 2 amide bonds. The van der Waals surface area contributed by atoms with E-state index in [-0.39, 0.29) is 37.2 Å². The third kappa shape index (κ3) is 3.81. The lowest BCUT2D eigenvalue weighted by molar-refractivity contribution is -0.139. The zero-order chi connectivity index (χ0) is 13.8. The molecule has 2 rings (SSSR count). The highest BCUT2D eigenvalue weighted by Crippen LogP contribution is 2.34. The van der Waals surface area contributed by atoms with Gasteiger partial charge in [-0.2, -0.15) is 0 Å². The molecule has 0 aromatic heterocycles. The van der Waals surface area contributed by atoms with Gasteiger partial charge in [-0.05, 0) is 19.3 Å². The molecule has 4 atom stereocenters. The van der Waals surface area contributed by atoms with Gasteiger partial charge in [-0.25, -0.2) is 4.79 Å². The minimum absolute atomic E-state index is 0.0687. The maximum atomic E-state index is 11.7. The van der Waals surface area contributed by atoms with E-state index in [0.29, 0.717) is 0 Å². The summed E-state index contributed by atoms with van der Waals surface area (Å²) in [5.41, 5.74) is 0. The van der Waals surface area contributed by atoms with Crippen LogP contribution in [0.2, 0.25) is 0 Å². The lowest BCUT2D eigenvalue weighted by Gasteiger charge is -2.21. The molecule has 0 saturated carbocycles. The molecule has 0 aromatic carbocycles. The molecular weight excluding hydrogens is 252 g/mol. The predicted octanol–water partition coefficient (Wildman–Crippen LogP) is 0.0952. The molecule has 2 bridgehead atoms. The fraction of sp³-hybridized carbons (Fsp3) is 0.833. The summed E-state index contributed by atoms with van der Waals surface area (Å²) in [6.07, 6.45) is 2.71. The lowest BCUT2D eigenvalue weighted by Crippen LogP contribution is -2.48. The second kappa shape index (κ2) is 6.21. The van der Waals surface area contributed by atoms with Crippen LogP contribution in [0.1, 0.15) is 25.7 Å². The van der Waals surface area contributed by atoms with Crippen molar-refractivity contribution in [2.75, 3.05) is 13.7 Å². The van der Waals surface area contributed by atoms with Crippen LogP contribution in [0.15, 0.2) is 0 Å². The van der Waals surface area contributed by atoms with Crippen molar-refractivity contribution in [1.29, 1.82) is 0 Å². The van der Waals surface area contributed by atoms with Crippen molar-refractivity contribution in [2.45, 2.75) is 50.0 Å². The molecule has 2 aliphatic rings. The van der Waals surface area contributed by atoms with Crippen LogP contribution in [-0.2, 0) is 14.3 Å². The summed E-state index contributed by atoms with van der Waals surface area (Å²) in [7, 11) is 1.43. The zero-order valence-electron chi connectivity index (χ0n) is 10.9. The maximum Gasteiger partial charge on any atom is 0.315 e. The van der Waals surface area contributed by atoms with E-state index in [1.54, 1.807) is 0 Å². The quantitative estimate of drug-likeness (QED) is 0.637. The standard InChI is InChI=1S/C12H20N2O5/c1-18-8(5-11(15)16)6-13-12(17)14-9-4-7-2-3-10(9)19-7/h7-10H,2-6H2,1H3,(H,15,16)(H2,13,14,17). The smallest absolute Gasteiger partial charge is 0.315 e. The molecule has 0 radical (unpaired) electrons. The van der Waals surface area contributed by atoms with E-state index >= 15 is 0 Å². The van der Waals surface area contributed by atoms with E-state index in [1.165, 1.54) is 7.11 Å². The number of ether oxygens (including phenoxy) is 2. The first kappa shape index (κ1) is 14.1. The Bertz CT molecular complexity index is 349. The fourth-order valence-corrected chi connectivity index (χ4v) is 2.65. The molecule has 2 heterocycles. The molecule has 7 heteroatoms. The van der Waals surface area contributed by atoms with Crippen LogP contribution in [0.25, 0.3) is 0 Å². The van der Waals surface area contributed by atoms with Crippen molar-refractivity contribution in [3.63, 3.8) is 0 Å². The van der Waals surface area contributed by atoms with Crippen LogP contribution in [0.4, 0.5) is 4.79 Å². The second-order valence-corrected chi connectivity index (χ2v) is 5.03. The minimum atomic E-state index is -0.949. The molecule has 2 aliphatic heterocycles. The Morgan fingerprint density at radius 2 is 2.26 bits per heavy atom. The van der Waals surface area contributed by atoms with E-state index < -0.39 is 12.1 Å². The fourth-order valence-electron chi connectivity index (χ4n) is 2.65. The monoisotopic (exact) mass is 272 g/mol. The van der Waals surface area contributed by atoms with Crippen LogP contribution in [0.5, 0.6) is 0 Å². The Morgan fingerprint density at radius 3 is 2.79 bits per heavy atom. The molecule has 7 nitrogen and oxygen atoms in total. The normalized spacial score (nSPS) is 30.1. The van der Waals surface area contributed by atoms with Gasteiger partial charge < -0.3 is 25.2 Å². The molecular formula is C12H20N2O5. The van der Waals surface area contributed by atoms with E-state index in [0.717, 1.165) is 19.3 Å². The van der Waals surface area contributed by atoms with E-state index in [4.69, 9.17) is 14.6 Å². The summed E-state index contributed by atoms with van der Waals surface area (Å²) < 4.78 is 10.6. The predicted molar refractivity (Wildman–Crippen MR) is 65.9 cm³/mol. The number of carbonyl (C=O) groups is 2. The lowest BCUT2D eigenvalue weighted by atomic mass is 9.96. The van der Waals surface area contributed by atoms with Gasteiger partial charge in [0.05, 0.1) is 30.8 Å². The summed E-state index contributed by atoms with van der Waals surface area (Å²) in [4.78, 5) is 22.3. The van der Waals surface area contributed by atoms with Gasteiger partial charge >= 0.3 is 12.0 Å². The van der Waals surface area contributed by atoms with Crippen LogP contribution in [0.3, 0.4) is 0 Å². The van der Waals surface area contributed by atoms with Crippen molar-refractivity contribution in [3.05, 3.63) is 0 Å². The van der Waals surface area contributed by atoms with Crippen molar-refractivity contribution in [1.82, 2.24) is 10.6 Å². The van der Waals surface area contributed by atoms with Gasteiger partial charge in [-0.15, -0.1) is 0 Å². The molecule has 4 unspecified atom stereocenters. The van der Waals surface area contributed by atoms with Gasteiger partial charge in [-0.3, -0.25) is 4.79 Å². The third-order valence-electron chi connectivity index (χ3n) is 3.65. The highest BCUT2D eigenvalue weighted by atomic mass is 16.5. The van der Waals surface area contributed by atoms with Gasteiger partial charge in [0.15, 0.2) is 0 Å². The Kier molecular flexibility index (Phi) is 4.60. The summed E-state index contributed by atoms with van der Waals surface area (Å²) in [6.45, 7) is 0.177. The topological polar surface area (TPSA) is 96.9 Å². The SMILES string of the molecule is COC(CNC(=O)NC1CC2CCC1O2)CC(=O)O. The number of rotatable bonds is 6. The van der Waals surface area contributed by atoms with Crippen molar-refractivity contribution >= 4 is 12.0 Å².